The van der Waals surface area contributed by atoms with Gasteiger partial charge < -0.3 is 15.0 Å². The van der Waals surface area contributed by atoms with Gasteiger partial charge in [-0.05, 0) is 39.7 Å². The van der Waals surface area contributed by atoms with E-state index in [4.69, 9.17) is 4.74 Å². The number of rotatable bonds is 3. The Labute approximate surface area is 152 Å². The van der Waals surface area contributed by atoms with Crippen molar-refractivity contribution in [1.29, 1.82) is 0 Å². The molecule has 1 N–H and O–H groups in total. The zero-order chi connectivity index (χ0) is 19.5. The normalized spacial score (nSPS) is 22.8. The van der Waals surface area contributed by atoms with Gasteiger partial charge in [0.2, 0.25) is 0 Å². The highest BCUT2D eigenvalue weighted by molar-refractivity contribution is 5.68. The Hall–Kier alpha value is -1.76. The number of hydrogen-bond donors (Lipinski definition) is 1. The fourth-order valence-electron chi connectivity index (χ4n) is 3.13. The number of carbonyl (C=O) groups excluding carboxylic acids is 1. The number of hydrogen-bond acceptors (Lipinski definition) is 3. The lowest BCUT2D eigenvalue weighted by atomic mass is 9.90. The van der Waals surface area contributed by atoms with Gasteiger partial charge in [-0.3, -0.25) is 0 Å². The fourth-order valence-corrected chi connectivity index (χ4v) is 3.13. The van der Waals surface area contributed by atoms with E-state index in [1.54, 1.807) is 20.8 Å². The van der Waals surface area contributed by atoms with E-state index in [0.717, 1.165) is 10.5 Å². The molecular weight excluding hydrogens is 345 g/mol. The van der Waals surface area contributed by atoms with E-state index in [-0.39, 0.29) is 19.0 Å². The molecule has 3 atom stereocenters. The summed E-state index contributed by atoms with van der Waals surface area (Å²) < 4.78 is 46.0. The van der Waals surface area contributed by atoms with Crippen molar-refractivity contribution in [3.63, 3.8) is 0 Å². The lowest BCUT2D eigenvalue weighted by Crippen LogP contribution is -2.56. The minimum absolute atomic E-state index is 0.209. The lowest BCUT2D eigenvalue weighted by molar-refractivity contribution is -0.193. The van der Waals surface area contributed by atoms with E-state index in [9.17, 15) is 18.0 Å². The molecule has 1 fully saturated rings. The summed E-state index contributed by atoms with van der Waals surface area (Å²) >= 11 is 0. The number of nitrogens with zero attached hydrogens (tertiary/aromatic N) is 1. The molecule has 0 aromatic heterocycles. The molecule has 0 spiro atoms. The van der Waals surface area contributed by atoms with Crippen LogP contribution in [0.1, 0.15) is 45.7 Å². The summed E-state index contributed by atoms with van der Waals surface area (Å²) in [5.74, 6) is -1.63. The molecule has 146 valence electrons. The third-order valence-electron chi connectivity index (χ3n) is 4.45. The number of alkyl halides is 3. The topological polar surface area (TPSA) is 41.6 Å². The van der Waals surface area contributed by atoms with Gasteiger partial charge in [-0.2, -0.15) is 13.2 Å². The summed E-state index contributed by atoms with van der Waals surface area (Å²) in [5, 5.41) is 3.10. The van der Waals surface area contributed by atoms with Crippen LogP contribution in [-0.2, 0) is 4.74 Å². The second-order valence-electron chi connectivity index (χ2n) is 7.77. The molecule has 1 aromatic rings. The second-order valence-corrected chi connectivity index (χ2v) is 7.77. The van der Waals surface area contributed by atoms with Gasteiger partial charge in [-0.15, -0.1) is 0 Å². The first kappa shape index (κ1) is 20.6. The van der Waals surface area contributed by atoms with Gasteiger partial charge in [0, 0.05) is 25.2 Å². The van der Waals surface area contributed by atoms with Crippen LogP contribution in [0.2, 0.25) is 0 Å². The Bertz CT molecular complexity index is 599. The highest BCUT2D eigenvalue weighted by Crippen LogP contribution is 2.35. The number of likely N-dealkylation sites (tertiary alicyclic amines) is 1. The molecule has 7 heteroatoms. The Morgan fingerprint density at radius 3 is 2.38 bits per heavy atom. The second kappa shape index (κ2) is 7.86. The van der Waals surface area contributed by atoms with Crippen LogP contribution in [0, 0.1) is 5.92 Å². The van der Waals surface area contributed by atoms with Gasteiger partial charge in [0.25, 0.3) is 0 Å². The van der Waals surface area contributed by atoms with Crippen LogP contribution in [0.25, 0.3) is 0 Å². The molecule has 26 heavy (non-hydrogen) atoms. The van der Waals surface area contributed by atoms with E-state index >= 15 is 0 Å². The molecule has 0 aliphatic carbocycles. The number of nitrogens with one attached hydrogen (secondary N) is 1. The summed E-state index contributed by atoms with van der Waals surface area (Å²) in [7, 11) is 0. The average molecular weight is 372 g/mol. The number of piperidine rings is 1. The van der Waals surface area contributed by atoms with Crippen molar-refractivity contribution in [2.45, 2.75) is 58.0 Å². The first-order chi connectivity index (χ1) is 12.0. The Balaban J connectivity index is 2.08. The van der Waals surface area contributed by atoms with E-state index in [1.807, 2.05) is 37.3 Å². The van der Waals surface area contributed by atoms with Crippen LogP contribution in [-0.4, -0.2) is 41.9 Å². The molecule has 1 saturated heterocycles. The fraction of sp³-hybridized carbons (Fsp3) is 0.632. The molecule has 1 aliphatic heterocycles. The van der Waals surface area contributed by atoms with E-state index in [2.05, 4.69) is 5.32 Å². The third kappa shape index (κ3) is 5.62. The molecule has 1 aromatic carbocycles. The van der Waals surface area contributed by atoms with Crippen molar-refractivity contribution in [3.8, 4) is 0 Å². The standard InChI is InChI=1S/C19H27F3N2O2/c1-13(14-8-6-5-7-9-14)23-16-10-11-24(12-15(16)19(20,21)22)17(25)26-18(2,3)4/h5-9,13,15-16,23H,10-12H2,1-4H3. The van der Waals surface area contributed by atoms with Crippen molar-refractivity contribution in [3.05, 3.63) is 35.9 Å². The molecule has 1 heterocycles. The SMILES string of the molecule is CC(NC1CCN(C(=O)OC(C)(C)C)CC1C(F)(F)F)c1ccccc1. The molecule has 3 unspecified atom stereocenters. The van der Waals surface area contributed by atoms with Crippen molar-refractivity contribution in [2.75, 3.05) is 13.1 Å². The number of halogens is 3. The predicted molar refractivity (Wildman–Crippen MR) is 93.7 cm³/mol. The summed E-state index contributed by atoms with van der Waals surface area (Å²) in [6.07, 6.45) is -4.86. The smallest absolute Gasteiger partial charge is 0.410 e. The van der Waals surface area contributed by atoms with Crippen LogP contribution < -0.4 is 5.32 Å². The molecule has 4 nitrogen and oxygen atoms in total. The monoisotopic (exact) mass is 372 g/mol. The highest BCUT2D eigenvalue weighted by Gasteiger charge is 2.49. The minimum atomic E-state index is -4.39. The van der Waals surface area contributed by atoms with Gasteiger partial charge in [0.1, 0.15) is 5.60 Å². The van der Waals surface area contributed by atoms with Gasteiger partial charge in [0.05, 0.1) is 5.92 Å². The molecule has 0 saturated carbocycles. The van der Waals surface area contributed by atoms with Gasteiger partial charge in [-0.1, -0.05) is 30.3 Å². The quantitative estimate of drug-likeness (QED) is 0.848. The maximum absolute atomic E-state index is 13.6. The van der Waals surface area contributed by atoms with Crippen LogP contribution in [0.15, 0.2) is 30.3 Å². The molecule has 0 bridgehead atoms. The first-order valence-electron chi connectivity index (χ1n) is 8.83. The number of amides is 1. The zero-order valence-corrected chi connectivity index (χ0v) is 15.6. The maximum atomic E-state index is 13.6. The first-order valence-corrected chi connectivity index (χ1v) is 8.83. The van der Waals surface area contributed by atoms with Crippen LogP contribution in [0.5, 0.6) is 0 Å². The summed E-state index contributed by atoms with van der Waals surface area (Å²) in [6, 6.07) is 8.41. The number of benzene rings is 1. The van der Waals surface area contributed by atoms with Crippen LogP contribution in [0.3, 0.4) is 0 Å². The molecule has 1 amide bonds. The Morgan fingerprint density at radius 2 is 1.85 bits per heavy atom. The van der Waals surface area contributed by atoms with Gasteiger partial charge >= 0.3 is 12.3 Å². The summed E-state index contributed by atoms with van der Waals surface area (Å²) in [6.45, 7) is 6.78. The zero-order valence-electron chi connectivity index (χ0n) is 15.6. The highest BCUT2D eigenvalue weighted by atomic mass is 19.4. The van der Waals surface area contributed by atoms with E-state index in [1.165, 1.54) is 0 Å². The average Bonchev–Trinajstić information content (AvgIpc) is 2.53. The van der Waals surface area contributed by atoms with Crippen molar-refractivity contribution >= 4 is 6.09 Å². The van der Waals surface area contributed by atoms with Crippen LogP contribution >= 0.6 is 0 Å². The van der Waals surface area contributed by atoms with Gasteiger partial charge in [0.15, 0.2) is 0 Å². The third-order valence-corrected chi connectivity index (χ3v) is 4.45. The van der Waals surface area contributed by atoms with E-state index in [0.29, 0.717) is 0 Å². The lowest BCUT2D eigenvalue weighted by Gasteiger charge is -2.41. The Kier molecular flexibility index (Phi) is 6.21. The van der Waals surface area contributed by atoms with Crippen molar-refractivity contribution in [2.24, 2.45) is 5.92 Å². The van der Waals surface area contributed by atoms with Gasteiger partial charge in [-0.25, -0.2) is 4.79 Å². The Morgan fingerprint density at radius 1 is 1.23 bits per heavy atom. The summed E-state index contributed by atoms with van der Waals surface area (Å²) in [5.41, 5.74) is 0.199. The largest absolute Gasteiger partial charge is 0.444 e. The summed E-state index contributed by atoms with van der Waals surface area (Å²) in [4.78, 5) is 13.3. The van der Waals surface area contributed by atoms with E-state index < -0.39 is 36.4 Å². The molecule has 2 rings (SSSR count). The molecular formula is C19H27F3N2O2. The molecule has 1 aliphatic rings. The predicted octanol–water partition coefficient (Wildman–Crippen LogP) is 4.53. The van der Waals surface area contributed by atoms with Crippen molar-refractivity contribution < 1.29 is 22.7 Å². The number of ether oxygens (including phenoxy) is 1. The maximum Gasteiger partial charge on any atom is 0.410 e. The van der Waals surface area contributed by atoms with Crippen molar-refractivity contribution in [1.82, 2.24) is 10.2 Å². The van der Waals surface area contributed by atoms with Crippen LogP contribution in [0.4, 0.5) is 18.0 Å². The minimum Gasteiger partial charge on any atom is -0.444 e. The number of carbonyl (C=O) groups is 1. The molecule has 0 radical (unpaired) electrons.